The zero-order valence-corrected chi connectivity index (χ0v) is 16.8. The van der Waals surface area contributed by atoms with Crippen LogP contribution >= 0.6 is 0 Å². The minimum absolute atomic E-state index is 0.122. The number of carbonyl (C=O) groups is 2. The maximum Gasteiger partial charge on any atom is 0.257 e. The first-order valence-corrected chi connectivity index (χ1v) is 9.42. The largest absolute Gasteiger partial charge is 0.469 e. The molecule has 2 aromatic rings. The molecule has 0 aliphatic rings. The molecule has 0 bridgehead atoms. The molecule has 8 heteroatoms. The number of hydrogen-bond donors (Lipinski definition) is 0. The van der Waals surface area contributed by atoms with Gasteiger partial charge in [0.05, 0.1) is 30.9 Å². The SMILES string of the molecule is COCCN(CCC(=O)N(CCC#N)Cc1cccnc1)C(=O)c1ccoc1C. The van der Waals surface area contributed by atoms with Crippen molar-refractivity contribution in [3.63, 3.8) is 0 Å². The van der Waals surface area contributed by atoms with Crippen molar-refractivity contribution in [3.8, 4) is 6.07 Å². The van der Waals surface area contributed by atoms with E-state index >= 15 is 0 Å². The molecule has 0 spiro atoms. The van der Waals surface area contributed by atoms with Crippen LogP contribution in [-0.2, 0) is 16.1 Å². The van der Waals surface area contributed by atoms with Gasteiger partial charge in [0.2, 0.25) is 5.91 Å². The van der Waals surface area contributed by atoms with Crippen LogP contribution in [0.1, 0.15) is 34.5 Å². The molecule has 0 unspecified atom stereocenters. The Morgan fingerprint density at radius 2 is 2.07 bits per heavy atom. The monoisotopic (exact) mass is 398 g/mol. The van der Waals surface area contributed by atoms with E-state index in [1.807, 2.05) is 6.07 Å². The molecule has 0 saturated carbocycles. The third-order valence-corrected chi connectivity index (χ3v) is 4.48. The second kappa shape index (κ2) is 11.6. The zero-order chi connectivity index (χ0) is 21.1. The second-order valence-electron chi connectivity index (χ2n) is 6.51. The van der Waals surface area contributed by atoms with Gasteiger partial charge in [-0.05, 0) is 24.6 Å². The van der Waals surface area contributed by atoms with E-state index in [4.69, 9.17) is 14.4 Å². The number of pyridine rings is 1. The summed E-state index contributed by atoms with van der Waals surface area (Å²) in [6.07, 6.45) is 5.23. The van der Waals surface area contributed by atoms with Gasteiger partial charge in [-0.15, -0.1) is 0 Å². The van der Waals surface area contributed by atoms with E-state index < -0.39 is 0 Å². The van der Waals surface area contributed by atoms with Crippen LogP contribution in [0.2, 0.25) is 0 Å². The molecular weight excluding hydrogens is 372 g/mol. The molecule has 2 aromatic heterocycles. The number of methoxy groups -OCH3 is 1. The third kappa shape index (κ3) is 6.73. The lowest BCUT2D eigenvalue weighted by molar-refractivity contribution is -0.132. The first kappa shape index (κ1) is 22.1. The summed E-state index contributed by atoms with van der Waals surface area (Å²) in [4.78, 5) is 32.9. The number of hydrogen-bond acceptors (Lipinski definition) is 6. The van der Waals surface area contributed by atoms with Crippen molar-refractivity contribution in [1.82, 2.24) is 14.8 Å². The molecule has 0 saturated heterocycles. The van der Waals surface area contributed by atoms with Crippen LogP contribution in [0, 0.1) is 18.3 Å². The standard InChI is InChI=1S/C21H26N4O4/c1-17-19(7-13-29-17)21(27)24(12-14-28-2)11-6-20(26)25(10-4-8-22)16-18-5-3-9-23-15-18/h3,5,7,9,13,15H,4,6,10-12,14,16H2,1-2H3. The van der Waals surface area contributed by atoms with Crippen LogP contribution in [0.3, 0.4) is 0 Å². The van der Waals surface area contributed by atoms with Crippen LogP contribution in [0.15, 0.2) is 41.3 Å². The molecule has 29 heavy (non-hydrogen) atoms. The first-order chi connectivity index (χ1) is 14.1. The van der Waals surface area contributed by atoms with Gasteiger partial charge in [0.25, 0.3) is 5.91 Å². The van der Waals surface area contributed by atoms with Crippen molar-refractivity contribution in [2.24, 2.45) is 0 Å². The molecule has 154 valence electrons. The number of amides is 2. The average molecular weight is 398 g/mol. The van der Waals surface area contributed by atoms with Crippen molar-refractivity contribution < 1.29 is 18.7 Å². The van der Waals surface area contributed by atoms with Crippen LogP contribution in [0.4, 0.5) is 0 Å². The van der Waals surface area contributed by atoms with Gasteiger partial charge < -0.3 is 19.0 Å². The Kier molecular flexibility index (Phi) is 8.86. The molecule has 0 aliphatic carbocycles. The zero-order valence-electron chi connectivity index (χ0n) is 16.8. The number of carbonyl (C=O) groups excluding carboxylic acids is 2. The normalized spacial score (nSPS) is 10.4. The van der Waals surface area contributed by atoms with E-state index in [1.165, 1.54) is 6.26 Å². The molecule has 0 radical (unpaired) electrons. The fraction of sp³-hybridized carbons (Fsp3) is 0.429. The lowest BCUT2D eigenvalue weighted by atomic mass is 10.2. The highest BCUT2D eigenvalue weighted by molar-refractivity contribution is 5.95. The summed E-state index contributed by atoms with van der Waals surface area (Å²) >= 11 is 0. The maximum absolute atomic E-state index is 12.8. The van der Waals surface area contributed by atoms with Crippen molar-refractivity contribution in [1.29, 1.82) is 5.26 Å². The van der Waals surface area contributed by atoms with Crippen LogP contribution in [0.5, 0.6) is 0 Å². The summed E-state index contributed by atoms with van der Waals surface area (Å²) in [5.41, 5.74) is 1.37. The lowest BCUT2D eigenvalue weighted by Crippen LogP contribution is -2.39. The minimum atomic E-state index is -0.197. The summed E-state index contributed by atoms with van der Waals surface area (Å²) in [7, 11) is 1.56. The van der Waals surface area contributed by atoms with Gasteiger partial charge in [-0.25, -0.2) is 0 Å². The Morgan fingerprint density at radius 3 is 2.69 bits per heavy atom. The first-order valence-electron chi connectivity index (χ1n) is 9.42. The van der Waals surface area contributed by atoms with Gasteiger partial charge in [0, 0.05) is 52.1 Å². The molecule has 0 aliphatic heterocycles. The summed E-state index contributed by atoms with van der Waals surface area (Å²) in [5, 5.41) is 8.91. The van der Waals surface area contributed by atoms with E-state index in [0.29, 0.717) is 37.6 Å². The summed E-state index contributed by atoms with van der Waals surface area (Å²) < 4.78 is 10.3. The summed E-state index contributed by atoms with van der Waals surface area (Å²) in [6, 6.07) is 7.39. The molecule has 0 atom stereocenters. The second-order valence-corrected chi connectivity index (χ2v) is 6.51. The highest BCUT2D eigenvalue weighted by atomic mass is 16.5. The Labute approximate surface area is 170 Å². The number of aromatic nitrogens is 1. The maximum atomic E-state index is 12.8. The van der Waals surface area contributed by atoms with E-state index in [-0.39, 0.29) is 31.2 Å². The van der Waals surface area contributed by atoms with E-state index in [9.17, 15) is 9.59 Å². The fourth-order valence-corrected chi connectivity index (χ4v) is 2.87. The molecule has 2 heterocycles. The molecule has 0 fully saturated rings. The molecule has 0 aromatic carbocycles. The average Bonchev–Trinajstić information content (AvgIpc) is 3.17. The molecule has 0 N–H and O–H groups in total. The quantitative estimate of drug-likeness (QED) is 0.576. The van der Waals surface area contributed by atoms with Gasteiger partial charge in [0.15, 0.2) is 0 Å². The smallest absolute Gasteiger partial charge is 0.257 e. The van der Waals surface area contributed by atoms with Gasteiger partial charge >= 0.3 is 0 Å². The van der Waals surface area contributed by atoms with Crippen molar-refractivity contribution in [2.75, 3.05) is 33.4 Å². The van der Waals surface area contributed by atoms with E-state index in [0.717, 1.165) is 5.56 Å². The molecule has 2 amide bonds. The van der Waals surface area contributed by atoms with Crippen molar-refractivity contribution in [3.05, 3.63) is 53.7 Å². The molecular formula is C21H26N4O4. The topological polar surface area (TPSA) is 99.7 Å². The summed E-state index contributed by atoms with van der Waals surface area (Å²) in [6.45, 7) is 3.42. The fourth-order valence-electron chi connectivity index (χ4n) is 2.87. The highest BCUT2D eigenvalue weighted by Gasteiger charge is 2.21. The number of rotatable bonds is 11. The minimum Gasteiger partial charge on any atom is -0.469 e. The van der Waals surface area contributed by atoms with E-state index in [2.05, 4.69) is 11.1 Å². The Morgan fingerprint density at radius 1 is 1.24 bits per heavy atom. The Bertz CT molecular complexity index is 829. The van der Waals surface area contributed by atoms with E-state index in [1.54, 1.807) is 48.4 Å². The van der Waals surface area contributed by atoms with Crippen LogP contribution in [-0.4, -0.2) is 59.9 Å². The van der Waals surface area contributed by atoms with Crippen LogP contribution < -0.4 is 0 Å². The van der Waals surface area contributed by atoms with Crippen molar-refractivity contribution in [2.45, 2.75) is 26.3 Å². The predicted octanol–water partition coefficient (Wildman–Crippen LogP) is 2.40. The Balaban J connectivity index is 2.04. The van der Waals surface area contributed by atoms with Gasteiger partial charge in [-0.1, -0.05) is 6.07 Å². The number of ether oxygens (including phenoxy) is 1. The van der Waals surface area contributed by atoms with Crippen molar-refractivity contribution >= 4 is 11.8 Å². The number of nitrogens with zero attached hydrogens (tertiary/aromatic N) is 4. The highest BCUT2D eigenvalue weighted by Crippen LogP contribution is 2.13. The molecule has 8 nitrogen and oxygen atoms in total. The van der Waals surface area contributed by atoms with Gasteiger partial charge in [0.1, 0.15) is 5.76 Å². The number of nitriles is 1. The Hall–Kier alpha value is -3.18. The lowest BCUT2D eigenvalue weighted by Gasteiger charge is -2.25. The number of furan rings is 1. The van der Waals surface area contributed by atoms with Gasteiger partial charge in [-0.2, -0.15) is 5.26 Å². The molecule has 2 rings (SSSR count). The third-order valence-electron chi connectivity index (χ3n) is 4.48. The predicted molar refractivity (Wildman–Crippen MR) is 106 cm³/mol. The summed E-state index contributed by atoms with van der Waals surface area (Å²) in [5.74, 6) is 0.219. The number of aryl methyl sites for hydroxylation is 1. The van der Waals surface area contributed by atoms with Crippen LogP contribution in [0.25, 0.3) is 0 Å². The van der Waals surface area contributed by atoms with Gasteiger partial charge in [-0.3, -0.25) is 14.6 Å².